The summed E-state index contributed by atoms with van der Waals surface area (Å²) in [4.78, 5) is 10.1. The van der Waals surface area contributed by atoms with Crippen LogP contribution in [0.4, 0.5) is 5.69 Å². The predicted molar refractivity (Wildman–Crippen MR) is 50.1 cm³/mol. The summed E-state index contributed by atoms with van der Waals surface area (Å²) in [6, 6.07) is 4.56. The highest BCUT2D eigenvalue weighted by Gasteiger charge is 2.16. The van der Waals surface area contributed by atoms with Gasteiger partial charge in [-0.25, -0.2) is 0 Å². The molecule has 1 atom stereocenters. The van der Waals surface area contributed by atoms with Crippen molar-refractivity contribution in [2.45, 2.75) is 20.1 Å². The molecule has 0 aliphatic carbocycles. The number of nitrogens with zero attached hydrogens (tertiary/aromatic N) is 1. The summed E-state index contributed by atoms with van der Waals surface area (Å²) < 4.78 is 4.88. The third-order valence-electron chi connectivity index (χ3n) is 1.61. The molecule has 5 heteroatoms. The number of nitro groups is 1. The lowest BCUT2D eigenvalue weighted by Gasteiger charge is -2.08. The van der Waals surface area contributed by atoms with Gasteiger partial charge in [0.15, 0.2) is 12.0 Å². The van der Waals surface area contributed by atoms with E-state index in [9.17, 15) is 10.1 Å². The second-order valence-electron chi connectivity index (χ2n) is 2.95. The zero-order valence-electron chi connectivity index (χ0n) is 7.93. The maximum atomic E-state index is 10.6. The highest BCUT2D eigenvalue weighted by atomic mass is 16.6. The van der Waals surface area contributed by atoms with Crippen molar-refractivity contribution in [2.75, 3.05) is 0 Å². The third-order valence-corrected chi connectivity index (χ3v) is 1.61. The zero-order valence-corrected chi connectivity index (χ0v) is 7.93. The number of aryl methyl sites for hydroxylation is 1. The van der Waals surface area contributed by atoms with E-state index in [2.05, 4.69) is 0 Å². The molecule has 0 radical (unpaired) electrons. The molecule has 0 amide bonds. The standard InChI is InChI=1S/C9H11NO4/c1-6-3-4-9(14-7(2)11)8(5-6)10(12)13/h3-5,7,11H,1-2H3. The van der Waals surface area contributed by atoms with Gasteiger partial charge in [-0.3, -0.25) is 10.1 Å². The largest absolute Gasteiger partial charge is 0.458 e. The molecule has 0 aliphatic rings. The maximum absolute atomic E-state index is 10.6. The van der Waals surface area contributed by atoms with Crippen LogP contribution >= 0.6 is 0 Å². The van der Waals surface area contributed by atoms with E-state index in [-0.39, 0.29) is 11.4 Å². The van der Waals surface area contributed by atoms with Crippen molar-refractivity contribution in [2.24, 2.45) is 0 Å². The van der Waals surface area contributed by atoms with Crippen LogP contribution in [0.2, 0.25) is 0 Å². The summed E-state index contributed by atoms with van der Waals surface area (Å²) in [5, 5.41) is 19.5. The van der Waals surface area contributed by atoms with Gasteiger partial charge in [0.2, 0.25) is 0 Å². The Labute approximate surface area is 81.1 Å². The van der Waals surface area contributed by atoms with Crippen molar-refractivity contribution >= 4 is 5.69 Å². The smallest absolute Gasteiger partial charge is 0.311 e. The number of rotatable bonds is 3. The average molecular weight is 197 g/mol. The fourth-order valence-electron chi connectivity index (χ4n) is 1.05. The van der Waals surface area contributed by atoms with Gasteiger partial charge in [-0.2, -0.15) is 0 Å². The van der Waals surface area contributed by atoms with Crippen LogP contribution in [0.15, 0.2) is 18.2 Å². The van der Waals surface area contributed by atoms with Gasteiger partial charge in [-0.15, -0.1) is 0 Å². The molecule has 0 aliphatic heterocycles. The van der Waals surface area contributed by atoms with E-state index < -0.39 is 11.2 Å². The first-order chi connectivity index (χ1) is 6.50. The Hall–Kier alpha value is -1.62. The number of hydrogen-bond acceptors (Lipinski definition) is 4. The van der Waals surface area contributed by atoms with Crippen molar-refractivity contribution in [1.82, 2.24) is 0 Å². The van der Waals surface area contributed by atoms with Gasteiger partial charge in [0, 0.05) is 6.07 Å². The summed E-state index contributed by atoms with van der Waals surface area (Å²) in [7, 11) is 0. The van der Waals surface area contributed by atoms with Gasteiger partial charge in [-0.05, 0) is 25.5 Å². The molecule has 1 unspecified atom stereocenters. The molecule has 14 heavy (non-hydrogen) atoms. The Morgan fingerprint density at radius 3 is 2.71 bits per heavy atom. The minimum Gasteiger partial charge on any atom is -0.458 e. The second kappa shape index (κ2) is 4.06. The normalized spacial score (nSPS) is 12.2. The van der Waals surface area contributed by atoms with E-state index in [0.717, 1.165) is 5.56 Å². The van der Waals surface area contributed by atoms with Gasteiger partial charge in [0.1, 0.15) is 0 Å². The fourth-order valence-corrected chi connectivity index (χ4v) is 1.05. The van der Waals surface area contributed by atoms with Gasteiger partial charge >= 0.3 is 5.69 Å². The molecule has 1 aromatic carbocycles. The first kappa shape index (κ1) is 10.5. The quantitative estimate of drug-likeness (QED) is 0.454. The van der Waals surface area contributed by atoms with Crippen LogP contribution in [-0.4, -0.2) is 16.3 Å². The summed E-state index contributed by atoms with van der Waals surface area (Å²) >= 11 is 0. The van der Waals surface area contributed by atoms with Gasteiger partial charge in [0.25, 0.3) is 0 Å². The number of benzene rings is 1. The van der Waals surface area contributed by atoms with Crippen molar-refractivity contribution < 1.29 is 14.8 Å². The molecule has 0 saturated carbocycles. The fraction of sp³-hybridized carbons (Fsp3) is 0.333. The van der Waals surface area contributed by atoms with Crippen LogP contribution in [0.25, 0.3) is 0 Å². The Morgan fingerprint density at radius 1 is 1.57 bits per heavy atom. The van der Waals surface area contributed by atoms with Gasteiger partial charge in [0.05, 0.1) is 4.92 Å². The maximum Gasteiger partial charge on any atom is 0.311 e. The van der Waals surface area contributed by atoms with E-state index in [1.807, 2.05) is 0 Å². The molecule has 1 aromatic rings. The van der Waals surface area contributed by atoms with E-state index in [1.165, 1.54) is 19.1 Å². The first-order valence-corrected chi connectivity index (χ1v) is 4.10. The number of aliphatic hydroxyl groups is 1. The van der Waals surface area contributed by atoms with Crippen LogP contribution in [0.5, 0.6) is 5.75 Å². The minimum absolute atomic E-state index is 0.0793. The molecule has 1 N–H and O–H groups in total. The molecule has 0 heterocycles. The summed E-state index contributed by atoms with van der Waals surface area (Å²) in [5.41, 5.74) is 0.639. The van der Waals surface area contributed by atoms with Crippen LogP contribution < -0.4 is 4.74 Å². The molecule has 0 spiro atoms. The van der Waals surface area contributed by atoms with Crippen LogP contribution in [0.3, 0.4) is 0 Å². The molecule has 1 rings (SSSR count). The number of ether oxygens (including phenoxy) is 1. The molecule has 76 valence electrons. The summed E-state index contributed by atoms with van der Waals surface area (Å²) in [5.74, 6) is 0.0793. The molecule has 0 fully saturated rings. The molecular weight excluding hydrogens is 186 g/mol. The average Bonchev–Trinajstić information content (AvgIpc) is 2.07. The highest BCUT2D eigenvalue weighted by Crippen LogP contribution is 2.28. The van der Waals surface area contributed by atoms with Gasteiger partial charge < -0.3 is 9.84 Å². The molecule has 0 saturated heterocycles. The lowest BCUT2D eigenvalue weighted by Crippen LogP contribution is -2.10. The van der Waals surface area contributed by atoms with Crippen LogP contribution in [-0.2, 0) is 0 Å². The molecule has 5 nitrogen and oxygen atoms in total. The Balaban J connectivity index is 3.08. The minimum atomic E-state index is -1.06. The molecule has 0 aromatic heterocycles. The van der Waals surface area contributed by atoms with E-state index in [0.29, 0.717) is 0 Å². The Morgan fingerprint density at radius 2 is 2.21 bits per heavy atom. The third kappa shape index (κ3) is 2.43. The second-order valence-corrected chi connectivity index (χ2v) is 2.95. The molecular formula is C9H11NO4. The SMILES string of the molecule is Cc1ccc(OC(C)O)c([N+](=O)[O-])c1. The summed E-state index contributed by atoms with van der Waals surface area (Å²) in [6.45, 7) is 3.14. The lowest BCUT2D eigenvalue weighted by atomic mass is 10.2. The topological polar surface area (TPSA) is 72.6 Å². The van der Waals surface area contributed by atoms with Crippen molar-refractivity contribution in [3.63, 3.8) is 0 Å². The van der Waals surface area contributed by atoms with Crippen molar-refractivity contribution in [3.8, 4) is 5.75 Å². The Bertz CT molecular complexity index is 349. The van der Waals surface area contributed by atoms with Crippen LogP contribution in [0.1, 0.15) is 12.5 Å². The Kier molecular flexibility index (Phi) is 3.03. The first-order valence-electron chi connectivity index (χ1n) is 4.10. The van der Waals surface area contributed by atoms with E-state index >= 15 is 0 Å². The van der Waals surface area contributed by atoms with Crippen molar-refractivity contribution in [1.29, 1.82) is 0 Å². The van der Waals surface area contributed by atoms with Crippen LogP contribution in [0, 0.1) is 17.0 Å². The number of nitro benzene ring substituents is 1. The number of aliphatic hydroxyl groups excluding tert-OH is 1. The zero-order chi connectivity index (χ0) is 10.7. The summed E-state index contributed by atoms with van der Waals surface area (Å²) in [6.07, 6.45) is -1.06. The molecule has 0 bridgehead atoms. The highest BCUT2D eigenvalue weighted by molar-refractivity contribution is 5.48. The monoisotopic (exact) mass is 197 g/mol. The van der Waals surface area contributed by atoms with E-state index in [1.54, 1.807) is 13.0 Å². The predicted octanol–water partition coefficient (Wildman–Crippen LogP) is 1.62. The lowest BCUT2D eigenvalue weighted by molar-refractivity contribution is -0.386. The van der Waals surface area contributed by atoms with E-state index in [4.69, 9.17) is 9.84 Å². The number of hydrogen-bond donors (Lipinski definition) is 1. The van der Waals surface area contributed by atoms with Gasteiger partial charge in [-0.1, -0.05) is 6.07 Å². The van der Waals surface area contributed by atoms with Crippen molar-refractivity contribution in [3.05, 3.63) is 33.9 Å².